The van der Waals surface area contributed by atoms with E-state index in [0.29, 0.717) is 5.92 Å². The Balaban J connectivity index is 2.49. The summed E-state index contributed by atoms with van der Waals surface area (Å²) < 4.78 is 0. The van der Waals surface area contributed by atoms with Crippen LogP contribution in [-0.2, 0) is 4.79 Å². The second-order valence-corrected chi connectivity index (χ2v) is 7.85. The van der Waals surface area contributed by atoms with Gasteiger partial charge >= 0.3 is 0 Å². The first-order valence-corrected chi connectivity index (χ1v) is 9.44. The topological polar surface area (TPSA) is 20.3 Å². The van der Waals surface area contributed by atoms with E-state index in [1.807, 2.05) is 18.2 Å². The Hall–Kier alpha value is -1.28. The molecule has 3 atom stereocenters. The van der Waals surface area contributed by atoms with Crippen molar-refractivity contribution in [1.29, 1.82) is 0 Å². The summed E-state index contributed by atoms with van der Waals surface area (Å²) in [6.07, 6.45) is 5.46. The van der Waals surface area contributed by atoms with Gasteiger partial charge in [-0.15, -0.1) is 6.58 Å². The highest BCUT2D eigenvalue weighted by molar-refractivity contribution is 6.30. The first-order valence-electron chi connectivity index (χ1n) is 9.07. The summed E-state index contributed by atoms with van der Waals surface area (Å²) in [5.74, 6) is 0.670. The van der Waals surface area contributed by atoms with E-state index in [1.165, 1.54) is 5.56 Å². The summed E-state index contributed by atoms with van der Waals surface area (Å²) in [6, 6.07) is 8.39. The molecule has 1 amide bonds. The van der Waals surface area contributed by atoms with Crippen LogP contribution in [-0.4, -0.2) is 16.8 Å². The van der Waals surface area contributed by atoms with E-state index in [-0.39, 0.29) is 23.4 Å². The quantitative estimate of drug-likeness (QED) is 0.576. The van der Waals surface area contributed by atoms with E-state index in [9.17, 15) is 4.79 Å². The molecule has 0 saturated carbocycles. The van der Waals surface area contributed by atoms with Crippen molar-refractivity contribution < 1.29 is 4.79 Å². The summed E-state index contributed by atoms with van der Waals surface area (Å²) in [4.78, 5) is 15.6. The number of carbonyl (C=O) groups is 1. The lowest BCUT2D eigenvalue weighted by atomic mass is 9.69. The van der Waals surface area contributed by atoms with Crippen LogP contribution in [0.2, 0.25) is 5.02 Å². The van der Waals surface area contributed by atoms with Gasteiger partial charge in [0.15, 0.2) is 0 Å². The smallest absolute Gasteiger partial charge is 0.229 e. The molecule has 1 aliphatic rings. The van der Waals surface area contributed by atoms with Gasteiger partial charge in [0.2, 0.25) is 5.91 Å². The number of likely N-dealkylation sites (tertiary alicyclic amines) is 1. The lowest BCUT2D eigenvalue weighted by molar-refractivity contribution is -0.157. The fraction of sp³-hybridized carbons (Fsp3) is 0.571. The third-order valence-electron chi connectivity index (χ3n) is 5.50. The molecule has 0 aromatic heterocycles. The Labute approximate surface area is 151 Å². The monoisotopic (exact) mass is 347 g/mol. The van der Waals surface area contributed by atoms with Crippen molar-refractivity contribution >= 4 is 17.5 Å². The SMILES string of the molecule is C=CC[C@@]1(C)CC(C)C(c2ccc(Cl)cc2)N(C(CC)CC)C1=O. The van der Waals surface area contributed by atoms with Gasteiger partial charge in [0.25, 0.3) is 0 Å². The minimum atomic E-state index is -0.341. The number of benzene rings is 1. The number of piperidine rings is 1. The highest BCUT2D eigenvalue weighted by atomic mass is 35.5. The number of halogens is 1. The molecule has 1 aliphatic heterocycles. The Kier molecular flexibility index (Phi) is 6.14. The first kappa shape index (κ1) is 19.1. The molecular formula is C21H30ClNO. The van der Waals surface area contributed by atoms with Crippen LogP contribution in [0.4, 0.5) is 0 Å². The predicted molar refractivity (Wildman–Crippen MR) is 102 cm³/mol. The van der Waals surface area contributed by atoms with Crippen LogP contribution in [0.3, 0.4) is 0 Å². The molecule has 0 bridgehead atoms. The number of hydrogen-bond acceptors (Lipinski definition) is 1. The molecule has 1 aromatic rings. The zero-order valence-corrected chi connectivity index (χ0v) is 16.1. The second kappa shape index (κ2) is 7.74. The number of amides is 1. The molecule has 0 radical (unpaired) electrons. The molecule has 1 aromatic carbocycles. The Morgan fingerprint density at radius 2 is 1.92 bits per heavy atom. The van der Waals surface area contributed by atoms with Crippen LogP contribution in [0, 0.1) is 11.3 Å². The molecule has 1 fully saturated rings. The molecule has 3 heteroatoms. The van der Waals surface area contributed by atoms with Gasteiger partial charge < -0.3 is 4.90 Å². The Morgan fingerprint density at radius 1 is 1.33 bits per heavy atom. The van der Waals surface area contributed by atoms with Crippen LogP contribution < -0.4 is 0 Å². The van der Waals surface area contributed by atoms with Crippen molar-refractivity contribution in [2.45, 2.75) is 65.5 Å². The highest BCUT2D eigenvalue weighted by Crippen LogP contribution is 2.47. The summed E-state index contributed by atoms with van der Waals surface area (Å²) in [5.41, 5.74) is 0.847. The summed E-state index contributed by atoms with van der Waals surface area (Å²) in [6.45, 7) is 12.6. The summed E-state index contributed by atoms with van der Waals surface area (Å²) in [5, 5.41) is 0.735. The van der Waals surface area contributed by atoms with Crippen LogP contribution in [0.5, 0.6) is 0 Å². The van der Waals surface area contributed by atoms with Crippen molar-refractivity contribution in [3.63, 3.8) is 0 Å². The minimum Gasteiger partial charge on any atom is -0.332 e. The second-order valence-electron chi connectivity index (χ2n) is 7.41. The van der Waals surface area contributed by atoms with E-state index >= 15 is 0 Å². The number of nitrogens with zero attached hydrogens (tertiary/aromatic N) is 1. The fourth-order valence-electron chi connectivity index (χ4n) is 4.34. The minimum absolute atomic E-state index is 0.123. The maximum absolute atomic E-state index is 13.4. The van der Waals surface area contributed by atoms with E-state index in [2.05, 4.69) is 51.3 Å². The van der Waals surface area contributed by atoms with Gasteiger partial charge in [-0.05, 0) is 49.3 Å². The van der Waals surface area contributed by atoms with Crippen molar-refractivity contribution in [3.05, 3.63) is 47.5 Å². The Morgan fingerprint density at radius 3 is 2.42 bits per heavy atom. The molecule has 132 valence electrons. The van der Waals surface area contributed by atoms with Gasteiger partial charge in [0.1, 0.15) is 0 Å². The summed E-state index contributed by atoms with van der Waals surface area (Å²) >= 11 is 6.06. The predicted octanol–water partition coefficient (Wildman–Crippen LogP) is 6.02. The van der Waals surface area contributed by atoms with Gasteiger partial charge in [0.05, 0.1) is 11.5 Å². The molecule has 0 spiro atoms. The van der Waals surface area contributed by atoms with Crippen molar-refractivity contribution in [2.75, 3.05) is 0 Å². The van der Waals surface area contributed by atoms with Crippen molar-refractivity contribution in [3.8, 4) is 0 Å². The number of allylic oxidation sites excluding steroid dienone is 1. The van der Waals surface area contributed by atoms with Crippen molar-refractivity contribution in [2.24, 2.45) is 11.3 Å². The van der Waals surface area contributed by atoms with E-state index in [1.54, 1.807) is 0 Å². The third kappa shape index (κ3) is 3.54. The lowest BCUT2D eigenvalue weighted by Crippen LogP contribution is -2.55. The average molecular weight is 348 g/mol. The average Bonchev–Trinajstić information content (AvgIpc) is 2.54. The van der Waals surface area contributed by atoms with E-state index < -0.39 is 0 Å². The highest BCUT2D eigenvalue weighted by Gasteiger charge is 2.48. The van der Waals surface area contributed by atoms with Crippen LogP contribution in [0.15, 0.2) is 36.9 Å². The maximum Gasteiger partial charge on any atom is 0.229 e. The third-order valence-corrected chi connectivity index (χ3v) is 5.76. The maximum atomic E-state index is 13.4. The molecule has 24 heavy (non-hydrogen) atoms. The largest absolute Gasteiger partial charge is 0.332 e. The van der Waals surface area contributed by atoms with Crippen LogP contribution in [0.1, 0.15) is 65.0 Å². The van der Waals surface area contributed by atoms with Gasteiger partial charge in [0, 0.05) is 11.1 Å². The Bertz CT molecular complexity index is 578. The number of rotatable bonds is 6. The van der Waals surface area contributed by atoms with Gasteiger partial charge in [-0.25, -0.2) is 0 Å². The van der Waals surface area contributed by atoms with Crippen molar-refractivity contribution in [1.82, 2.24) is 4.90 Å². The zero-order valence-electron chi connectivity index (χ0n) is 15.4. The van der Waals surface area contributed by atoms with Crippen LogP contribution >= 0.6 is 11.6 Å². The normalized spacial score (nSPS) is 27.6. The lowest BCUT2D eigenvalue weighted by Gasteiger charge is -2.51. The molecular weight excluding hydrogens is 318 g/mol. The molecule has 1 heterocycles. The molecule has 2 rings (SSSR count). The number of carbonyl (C=O) groups excluding carboxylic acids is 1. The summed E-state index contributed by atoms with van der Waals surface area (Å²) in [7, 11) is 0. The zero-order chi connectivity index (χ0) is 17.9. The molecule has 2 nitrogen and oxygen atoms in total. The van der Waals surface area contributed by atoms with E-state index in [4.69, 9.17) is 11.6 Å². The molecule has 2 unspecified atom stereocenters. The standard InChI is InChI=1S/C21H30ClNO/c1-6-13-21(5)14-15(4)19(16-9-11-17(22)12-10-16)23(20(21)24)18(7-2)8-3/h6,9-12,15,18-19H,1,7-8,13-14H2,2-5H3/t15?,19?,21-/m0/s1. The first-order chi connectivity index (χ1) is 11.4. The van der Waals surface area contributed by atoms with Gasteiger partial charge in [-0.3, -0.25) is 4.79 Å². The van der Waals surface area contributed by atoms with E-state index in [0.717, 1.165) is 30.7 Å². The van der Waals surface area contributed by atoms with Crippen LogP contribution in [0.25, 0.3) is 0 Å². The molecule has 0 aliphatic carbocycles. The molecule has 1 saturated heterocycles. The molecule has 0 N–H and O–H groups in total. The van der Waals surface area contributed by atoms with Gasteiger partial charge in [-0.1, -0.05) is 57.5 Å². The number of hydrogen-bond donors (Lipinski definition) is 0. The van der Waals surface area contributed by atoms with Gasteiger partial charge in [-0.2, -0.15) is 0 Å². The fourth-order valence-corrected chi connectivity index (χ4v) is 4.46.